The smallest absolute Gasteiger partial charge is 0.394 e. The lowest BCUT2D eigenvalue weighted by molar-refractivity contribution is -0.137. The molecule has 0 aromatic heterocycles. The lowest BCUT2D eigenvalue weighted by Gasteiger charge is -2.20. The summed E-state index contributed by atoms with van der Waals surface area (Å²) in [6, 6.07) is 11.8. The fraction of sp³-hybridized carbons (Fsp3) is 0.250. The van der Waals surface area contributed by atoms with Crippen LogP contribution in [0, 0.1) is 6.92 Å². The van der Waals surface area contributed by atoms with Gasteiger partial charge in [0.2, 0.25) is 0 Å². The van der Waals surface area contributed by atoms with E-state index >= 15 is 0 Å². The molecular weight excluding hydrogens is 279 g/mol. The largest absolute Gasteiger partial charge is 0.416 e. The molecule has 0 amide bonds. The standard InChI is InChI=1S/C16H16F3NO/c1-11-5-2-3-8-14(11)20-15(10-21)12-6-4-7-13(9-12)16(17,18)19/h2-9,15,20-21H,10H2,1H3. The molecule has 0 aliphatic carbocycles. The van der Waals surface area contributed by atoms with E-state index in [2.05, 4.69) is 5.32 Å². The fourth-order valence-corrected chi connectivity index (χ4v) is 2.09. The number of alkyl halides is 3. The van der Waals surface area contributed by atoms with E-state index < -0.39 is 17.8 Å². The predicted octanol–water partition coefficient (Wildman–Crippen LogP) is 4.16. The highest BCUT2D eigenvalue weighted by molar-refractivity contribution is 5.52. The molecule has 0 aliphatic heterocycles. The zero-order chi connectivity index (χ0) is 15.5. The minimum Gasteiger partial charge on any atom is -0.394 e. The Morgan fingerprint density at radius 3 is 2.43 bits per heavy atom. The molecule has 5 heteroatoms. The molecule has 0 aliphatic rings. The average molecular weight is 295 g/mol. The summed E-state index contributed by atoms with van der Waals surface area (Å²) in [5.41, 5.74) is 1.43. The number of rotatable bonds is 4. The second kappa shape index (κ2) is 6.18. The van der Waals surface area contributed by atoms with Crippen LogP contribution in [-0.4, -0.2) is 11.7 Å². The molecule has 0 saturated carbocycles. The van der Waals surface area contributed by atoms with Crippen LogP contribution >= 0.6 is 0 Å². The van der Waals surface area contributed by atoms with Crippen LogP contribution in [-0.2, 0) is 6.18 Å². The van der Waals surface area contributed by atoms with Gasteiger partial charge in [-0.05, 0) is 36.2 Å². The molecule has 1 atom stereocenters. The number of aliphatic hydroxyl groups is 1. The summed E-state index contributed by atoms with van der Waals surface area (Å²) in [6.07, 6.45) is -4.39. The minimum atomic E-state index is -4.39. The molecule has 0 bridgehead atoms. The van der Waals surface area contributed by atoms with Crippen molar-refractivity contribution in [3.63, 3.8) is 0 Å². The Bertz CT molecular complexity index is 610. The molecule has 2 aromatic carbocycles. The van der Waals surface area contributed by atoms with E-state index in [-0.39, 0.29) is 6.61 Å². The Morgan fingerprint density at radius 2 is 1.81 bits per heavy atom. The van der Waals surface area contributed by atoms with Crippen LogP contribution in [0.1, 0.15) is 22.7 Å². The van der Waals surface area contributed by atoms with Gasteiger partial charge in [0.1, 0.15) is 0 Å². The van der Waals surface area contributed by atoms with E-state index in [0.717, 1.165) is 23.4 Å². The van der Waals surface area contributed by atoms with Gasteiger partial charge in [0, 0.05) is 5.69 Å². The van der Waals surface area contributed by atoms with Crippen LogP contribution in [0.4, 0.5) is 18.9 Å². The Kier molecular flexibility index (Phi) is 4.53. The molecule has 2 N–H and O–H groups in total. The number of halogens is 3. The molecule has 0 heterocycles. The highest BCUT2D eigenvalue weighted by Crippen LogP contribution is 2.31. The molecule has 2 rings (SSSR count). The van der Waals surface area contributed by atoms with E-state index in [0.29, 0.717) is 5.56 Å². The lowest BCUT2D eigenvalue weighted by atomic mass is 10.0. The molecule has 2 nitrogen and oxygen atoms in total. The summed E-state index contributed by atoms with van der Waals surface area (Å²) in [5, 5.41) is 12.6. The van der Waals surface area contributed by atoms with Gasteiger partial charge in [0.15, 0.2) is 0 Å². The molecule has 0 saturated heterocycles. The first-order chi connectivity index (χ1) is 9.91. The number of nitrogens with one attached hydrogen (secondary N) is 1. The second-order valence-electron chi connectivity index (χ2n) is 4.82. The molecular formula is C16H16F3NO. The zero-order valence-corrected chi connectivity index (χ0v) is 11.5. The fourth-order valence-electron chi connectivity index (χ4n) is 2.09. The average Bonchev–Trinajstić information content (AvgIpc) is 2.46. The van der Waals surface area contributed by atoms with Crippen molar-refractivity contribution < 1.29 is 18.3 Å². The van der Waals surface area contributed by atoms with E-state index in [9.17, 15) is 18.3 Å². The Balaban J connectivity index is 2.28. The molecule has 2 aromatic rings. The van der Waals surface area contributed by atoms with Crippen LogP contribution in [0.3, 0.4) is 0 Å². The van der Waals surface area contributed by atoms with Gasteiger partial charge in [-0.15, -0.1) is 0 Å². The van der Waals surface area contributed by atoms with Crippen LogP contribution in [0.15, 0.2) is 48.5 Å². The van der Waals surface area contributed by atoms with Crippen LogP contribution in [0.2, 0.25) is 0 Å². The monoisotopic (exact) mass is 295 g/mol. The van der Waals surface area contributed by atoms with Crippen molar-refractivity contribution in [3.05, 3.63) is 65.2 Å². The quantitative estimate of drug-likeness (QED) is 0.887. The highest BCUT2D eigenvalue weighted by Gasteiger charge is 2.30. The van der Waals surface area contributed by atoms with Crippen LogP contribution in [0.25, 0.3) is 0 Å². The van der Waals surface area contributed by atoms with Crippen molar-refractivity contribution in [2.75, 3.05) is 11.9 Å². The molecule has 112 valence electrons. The van der Waals surface area contributed by atoms with Gasteiger partial charge >= 0.3 is 6.18 Å². The number of benzene rings is 2. The first-order valence-electron chi connectivity index (χ1n) is 6.52. The Labute approximate surface area is 121 Å². The number of hydrogen-bond acceptors (Lipinski definition) is 2. The third-order valence-electron chi connectivity index (χ3n) is 3.27. The zero-order valence-electron chi connectivity index (χ0n) is 11.5. The van der Waals surface area contributed by atoms with Crippen molar-refractivity contribution in [2.45, 2.75) is 19.1 Å². The number of para-hydroxylation sites is 1. The van der Waals surface area contributed by atoms with Crippen LogP contribution in [0.5, 0.6) is 0 Å². The minimum absolute atomic E-state index is 0.296. The maximum atomic E-state index is 12.7. The van der Waals surface area contributed by atoms with E-state index in [1.807, 2.05) is 31.2 Å². The van der Waals surface area contributed by atoms with Crippen molar-refractivity contribution in [3.8, 4) is 0 Å². The van der Waals surface area contributed by atoms with E-state index in [1.54, 1.807) is 6.07 Å². The first-order valence-corrected chi connectivity index (χ1v) is 6.52. The summed E-state index contributed by atoms with van der Waals surface area (Å²) < 4.78 is 38.2. The van der Waals surface area contributed by atoms with Crippen molar-refractivity contribution in [1.29, 1.82) is 0 Å². The maximum Gasteiger partial charge on any atom is 0.416 e. The van der Waals surface area contributed by atoms with Gasteiger partial charge in [0.25, 0.3) is 0 Å². The normalized spacial score (nSPS) is 13.0. The summed E-state index contributed by atoms with van der Waals surface area (Å²) in [4.78, 5) is 0. The van der Waals surface area contributed by atoms with Crippen molar-refractivity contribution >= 4 is 5.69 Å². The van der Waals surface area contributed by atoms with Crippen molar-refractivity contribution in [1.82, 2.24) is 0 Å². The van der Waals surface area contributed by atoms with Gasteiger partial charge in [-0.2, -0.15) is 13.2 Å². The SMILES string of the molecule is Cc1ccccc1NC(CO)c1cccc(C(F)(F)F)c1. The summed E-state index contributed by atoms with van der Waals surface area (Å²) >= 11 is 0. The van der Waals surface area contributed by atoms with Crippen LogP contribution < -0.4 is 5.32 Å². The van der Waals surface area contributed by atoms with E-state index in [4.69, 9.17) is 0 Å². The van der Waals surface area contributed by atoms with Gasteiger partial charge in [-0.25, -0.2) is 0 Å². The second-order valence-corrected chi connectivity index (χ2v) is 4.82. The third kappa shape index (κ3) is 3.76. The van der Waals surface area contributed by atoms with Gasteiger partial charge in [-0.3, -0.25) is 0 Å². The molecule has 1 unspecified atom stereocenters. The first kappa shape index (κ1) is 15.4. The van der Waals surface area contributed by atoms with Gasteiger partial charge in [0.05, 0.1) is 18.2 Å². The van der Waals surface area contributed by atoms with Gasteiger partial charge < -0.3 is 10.4 Å². The Hall–Kier alpha value is -2.01. The molecule has 0 spiro atoms. The number of aryl methyl sites for hydroxylation is 1. The third-order valence-corrected chi connectivity index (χ3v) is 3.27. The van der Waals surface area contributed by atoms with Crippen molar-refractivity contribution in [2.24, 2.45) is 0 Å². The number of aliphatic hydroxyl groups excluding tert-OH is 1. The van der Waals surface area contributed by atoms with Gasteiger partial charge in [-0.1, -0.05) is 30.3 Å². The molecule has 0 radical (unpaired) electrons. The highest BCUT2D eigenvalue weighted by atomic mass is 19.4. The summed E-state index contributed by atoms with van der Waals surface area (Å²) in [6.45, 7) is 1.60. The Morgan fingerprint density at radius 1 is 1.10 bits per heavy atom. The summed E-state index contributed by atoms with van der Waals surface area (Å²) in [7, 11) is 0. The lowest BCUT2D eigenvalue weighted by Crippen LogP contribution is -2.16. The molecule has 21 heavy (non-hydrogen) atoms. The molecule has 0 fully saturated rings. The van der Waals surface area contributed by atoms with E-state index in [1.165, 1.54) is 6.07 Å². The number of anilines is 1. The summed E-state index contributed by atoms with van der Waals surface area (Å²) in [5.74, 6) is 0. The number of hydrogen-bond donors (Lipinski definition) is 2. The topological polar surface area (TPSA) is 32.3 Å². The predicted molar refractivity (Wildman–Crippen MR) is 76.1 cm³/mol. The maximum absolute atomic E-state index is 12.7.